The lowest BCUT2D eigenvalue weighted by Gasteiger charge is -2.44. The number of hydrogen-bond donors (Lipinski definition) is 1. The first-order valence-electron chi connectivity index (χ1n) is 12.6. The number of benzene rings is 3. The van der Waals surface area contributed by atoms with E-state index in [4.69, 9.17) is 9.47 Å². The van der Waals surface area contributed by atoms with E-state index in [1.165, 1.54) is 4.90 Å². The smallest absolute Gasteiger partial charge is 0.411 e. The Balaban J connectivity index is 1.33. The van der Waals surface area contributed by atoms with Gasteiger partial charge in [0.15, 0.2) is 5.54 Å². The Kier molecular flexibility index (Phi) is 5.47. The molecule has 36 heavy (non-hydrogen) atoms. The van der Waals surface area contributed by atoms with Crippen molar-refractivity contribution in [1.82, 2.24) is 4.90 Å². The van der Waals surface area contributed by atoms with Crippen LogP contribution in [-0.2, 0) is 21.5 Å². The number of carbonyl (C=O) groups is 2. The molecule has 3 aliphatic rings. The summed E-state index contributed by atoms with van der Waals surface area (Å²) in [6, 6.07) is 21.8. The van der Waals surface area contributed by atoms with Gasteiger partial charge in [-0.25, -0.2) is 9.59 Å². The summed E-state index contributed by atoms with van der Waals surface area (Å²) in [5, 5.41) is 10.6. The second kappa shape index (κ2) is 8.70. The first-order valence-corrected chi connectivity index (χ1v) is 12.6. The molecular formula is C30H29NO5. The van der Waals surface area contributed by atoms with E-state index in [1.807, 2.05) is 36.4 Å². The molecule has 3 aliphatic carbocycles. The van der Waals surface area contributed by atoms with Gasteiger partial charge < -0.3 is 14.6 Å². The normalized spacial score (nSPS) is 20.1. The zero-order valence-electron chi connectivity index (χ0n) is 20.3. The van der Waals surface area contributed by atoms with E-state index in [0.29, 0.717) is 24.2 Å². The van der Waals surface area contributed by atoms with Crippen LogP contribution >= 0.6 is 0 Å². The molecule has 6 rings (SSSR count). The molecule has 1 amide bonds. The first-order chi connectivity index (χ1) is 17.5. The number of ether oxygens (including phenoxy) is 2. The number of nitrogens with zero attached hydrogens (tertiary/aromatic N) is 1. The number of aryl methyl sites for hydroxylation is 1. The summed E-state index contributed by atoms with van der Waals surface area (Å²) in [6.07, 6.45) is 2.81. The standard InChI is InChI=1S/C30H29NO5/c1-35-21-14-15-27-19(17-21)7-6-16-30(27,28(32)33)31(20-12-13-20)29(34)36-18-26-24-10-4-2-8-22(24)23-9-3-5-11-25(23)26/h2-5,8-11,14-15,17,20,26H,6-7,12-13,16,18H2,1H3,(H,32,33). The van der Waals surface area contributed by atoms with Crippen LogP contribution in [0.1, 0.15) is 53.9 Å². The number of carboxylic acid groups (broad SMARTS) is 1. The highest BCUT2D eigenvalue weighted by molar-refractivity contribution is 5.87. The molecule has 0 saturated heterocycles. The zero-order chi connectivity index (χ0) is 24.9. The average Bonchev–Trinajstić information content (AvgIpc) is 3.68. The van der Waals surface area contributed by atoms with Gasteiger partial charge in [-0.15, -0.1) is 0 Å². The van der Waals surface area contributed by atoms with Crippen LogP contribution in [0.25, 0.3) is 11.1 Å². The van der Waals surface area contributed by atoms with Crippen molar-refractivity contribution in [2.24, 2.45) is 0 Å². The van der Waals surface area contributed by atoms with Crippen molar-refractivity contribution in [3.05, 3.63) is 89.0 Å². The lowest BCUT2D eigenvalue weighted by molar-refractivity contribution is -0.153. The number of aliphatic carboxylic acids is 1. The van der Waals surface area contributed by atoms with Crippen molar-refractivity contribution in [2.75, 3.05) is 13.7 Å². The molecule has 6 heteroatoms. The van der Waals surface area contributed by atoms with Crippen LogP contribution in [0, 0.1) is 0 Å². The van der Waals surface area contributed by atoms with Crippen LogP contribution in [0.3, 0.4) is 0 Å². The van der Waals surface area contributed by atoms with Gasteiger partial charge in [-0.05, 0) is 77.6 Å². The number of amides is 1. The van der Waals surface area contributed by atoms with Gasteiger partial charge in [-0.2, -0.15) is 0 Å². The molecule has 0 aliphatic heterocycles. The van der Waals surface area contributed by atoms with Crippen LogP contribution in [-0.4, -0.2) is 41.8 Å². The second-order valence-corrected chi connectivity index (χ2v) is 9.95. The molecule has 1 N–H and O–H groups in total. The Morgan fingerprint density at radius 3 is 2.28 bits per heavy atom. The predicted octanol–water partition coefficient (Wildman–Crippen LogP) is 5.72. The number of carboxylic acids is 1. The Morgan fingerprint density at radius 1 is 1.00 bits per heavy atom. The van der Waals surface area contributed by atoms with Gasteiger partial charge in [0.25, 0.3) is 0 Å². The fourth-order valence-corrected chi connectivity index (χ4v) is 6.16. The molecule has 1 unspecified atom stereocenters. The maximum absolute atomic E-state index is 13.8. The highest BCUT2D eigenvalue weighted by Gasteiger charge is 2.56. The summed E-state index contributed by atoms with van der Waals surface area (Å²) >= 11 is 0. The Morgan fingerprint density at radius 2 is 1.67 bits per heavy atom. The Bertz CT molecular complexity index is 1300. The van der Waals surface area contributed by atoms with Gasteiger partial charge in [-0.3, -0.25) is 4.90 Å². The van der Waals surface area contributed by atoms with Crippen LogP contribution in [0.5, 0.6) is 5.75 Å². The summed E-state index contributed by atoms with van der Waals surface area (Å²) < 4.78 is 11.4. The van der Waals surface area contributed by atoms with Crippen molar-refractivity contribution >= 4 is 12.1 Å². The molecule has 0 heterocycles. The fraction of sp³-hybridized carbons (Fsp3) is 0.333. The third-order valence-electron chi connectivity index (χ3n) is 7.95. The van der Waals surface area contributed by atoms with Gasteiger partial charge in [0, 0.05) is 12.0 Å². The third-order valence-corrected chi connectivity index (χ3v) is 7.95. The van der Waals surface area contributed by atoms with E-state index in [0.717, 1.165) is 47.1 Å². The van der Waals surface area contributed by atoms with E-state index < -0.39 is 17.6 Å². The van der Waals surface area contributed by atoms with E-state index in [-0.39, 0.29) is 18.6 Å². The average molecular weight is 484 g/mol. The SMILES string of the molecule is COc1ccc2c(c1)CCCC2(C(=O)O)N(C(=O)OCC1c2ccccc2-c2ccccc21)C1CC1. The van der Waals surface area contributed by atoms with Crippen LogP contribution in [0.2, 0.25) is 0 Å². The number of rotatable bonds is 6. The third kappa shape index (κ3) is 3.47. The molecule has 184 valence electrons. The zero-order valence-corrected chi connectivity index (χ0v) is 20.3. The number of methoxy groups -OCH3 is 1. The summed E-state index contributed by atoms with van der Waals surface area (Å²) in [4.78, 5) is 28.3. The quantitative estimate of drug-likeness (QED) is 0.485. The number of hydrogen-bond acceptors (Lipinski definition) is 4. The van der Waals surface area contributed by atoms with Gasteiger partial charge in [0.05, 0.1) is 7.11 Å². The summed E-state index contributed by atoms with van der Waals surface area (Å²) in [7, 11) is 1.60. The molecule has 1 atom stereocenters. The van der Waals surface area contributed by atoms with Crippen molar-refractivity contribution in [2.45, 2.75) is 49.6 Å². The first kappa shape index (κ1) is 22.7. The van der Waals surface area contributed by atoms with Crippen LogP contribution < -0.4 is 4.74 Å². The minimum absolute atomic E-state index is 0.0777. The molecule has 3 aromatic rings. The molecule has 0 bridgehead atoms. The Labute approximate surface area is 210 Å². The van der Waals surface area contributed by atoms with Gasteiger partial charge in [0.1, 0.15) is 12.4 Å². The van der Waals surface area contributed by atoms with Crippen molar-refractivity contribution in [3.63, 3.8) is 0 Å². The number of fused-ring (bicyclic) bond motifs is 4. The minimum Gasteiger partial charge on any atom is -0.497 e. The number of carbonyl (C=O) groups excluding carboxylic acids is 1. The van der Waals surface area contributed by atoms with Crippen LogP contribution in [0.15, 0.2) is 66.7 Å². The summed E-state index contributed by atoms with van der Waals surface area (Å²) in [6.45, 7) is 0.168. The van der Waals surface area contributed by atoms with Gasteiger partial charge >= 0.3 is 12.1 Å². The van der Waals surface area contributed by atoms with Crippen LogP contribution in [0.4, 0.5) is 4.79 Å². The predicted molar refractivity (Wildman–Crippen MR) is 135 cm³/mol. The molecule has 0 radical (unpaired) electrons. The largest absolute Gasteiger partial charge is 0.497 e. The Hall–Kier alpha value is -3.80. The van der Waals surface area contributed by atoms with E-state index in [2.05, 4.69) is 24.3 Å². The summed E-state index contributed by atoms with van der Waals surface area (Å²) in [5.41, 5.74) is 4.72. The van der Waals surface area contributed by atoms with Gasteiger partial charge in [0.2, 0.25) is 0 Å². The molecule has 0 aromatic heterocycles. The second-order valence-electron chi connectivity index (χ2n) is 9.95. The molecule has 1 saturated carbocycles. The monoisotopic (exact) mass is 483 g/mol. The maximum atomic E-state index is 13.8. The van der Waals surface area contributed by atoms with Crippen molar-refractivity contribution < 1.29 is 24.2 Å². The maximum Gasteiger partial charge on any atom is 0.411 e. The molecule has 0 spiro atoms. The molecule has 6 nitrogen and oxygen atoms in total. The topological polar surface area (TPSA) is 76.1 Å². The lowest BCUT2D eigenvalue weighted by Crippen LogP contribution is -2.57. The highest BCUT2D eigenvalue weighted by atomic mass is 16.6. The van der Waals surface area contributed by atoms with E-state index in [9.17, 15) is 14.7 Å². The lowest BCUT2D eigenvalue weighted by atomic mass is 9.75. The van der Waals surface area contributed by atoms with E-state index in [1.54, 1.807) is 13.2 Å². The van der Waals surface area contributed by atoms with Crippen molar-refractivity contribution in [3.8, 4) is 16.9 Å². The summed E-state index contributed by atoms with van der Waals surface area (Å²) in [5.74, 6) is -0.394. The van der Waals surface area contributed by atoms with Gasteiger partial charge in [-0.1, -0.05) is 54.6 Å². The van der Waals surface area contributed by atoms with E-state index >= 15 is 0 Å². The minimum atomic E-state index is -1.44. The molecule has 3 aromatic carbocycles. The molecular weight excluding hydrogens is 454 g/mol. The molecule has 1 fully saturated rings. The fourth-order valence-electron chi connectivity index (χ4n) is 6.16. The highest BCUT2D eigenvalue weighted by Crippen LogP contribution is 2.48. The van der Waals surface area contributed by atoms with Crippen molar-refractivity contribution in [1.29, 1.82) is 0 Å².